The van der Waals surface area contributed by atoms with Crippen molar-refractivity contribution in [3.8, 4) is 5.75 Å². The summed E-state index contributed by atoms with van der Waals surface area (Å²) in [4.78, 5) is 12.5. The molecule has 144 valence electrons. The Morgan fingerprint density at radius 1 is 0.893 bits per heavy atom. The summed E-state index contributed by atoms with van der Waals surface area (Å²) in [5, 5.41) is 2.75. The molecule has 0 saturated heterocycles. The van der Waals surface area contributed by atoms with Crippen molar-refractivity contribution in [2.24, 2.45) is 0 Å². The first-order chi connectivity index (χ1) is 13.4. The van der Waals surface area contributed by atoms with Crippen LogP contribution in [0, 0.1) is 6.92 Å². The minimum atomic E-state index is -3.74. The summed E-state index contributed by atoms with van der Waals surface area (Å²) in [7, 11) is -2.22. The first-order valence-electron chi connectivity index (χ1n) is 8.53. The Morgan fingerprint density at radius 2 is 1.54 bits per heavy atom. The Hall–Kier alpha value is -3.32. The second-order valence-corrected chi connectivity index (χ2v) is 7.83. The highest BCUT2D eigenvalue weighted by atomic mass is 32.2. The van der Waals surface area contributed by atoms with Crippen LogP contribution in [0.2, 0.25) is 0 Å². The summed E-state index contributed by atoms with van der Waals surface area (Å²) in [6.45, 7) is 1.92. The lowest BCUT2D eigenvalue weighted by Gasteiger charge is -2.11. The Balaban J connectivity index is 1.75. The minimum absolute atomic E-state index is 0.0712. The molecule has 0 unspecified atom stereocenters. The average molecular weight is 396 g/mol. The van der Waals surface area contributed by atoms with E-state index < -0.39 is 10.0 Å². The van der Waals surface area contributed by atoms with E-state index in [4.69, 9.17) is 4.74 Å². The predicted octanol–water partition coefficient (Wildman–Crippen LogP) is 4.06. The lowest BCUT2D eigenvalue weighted by Crippen LogP contribution is -2.15. The van der Waals surface area contributed by atoms with Gasteiger partial charge in [0.1, 0.15) is 5.75 Å². The van der Waals surface area contributed by atoms with Crippen LogP contribution in [0.15, 0.2) is 77.7 Å². The van der Waals surface area contributed by atoms with Gasteiger partial charge in [-0.05, 0) is 55.5 Å². The molecular weight excluding hydrogens is 376 g/mol. The fourth-order valence-electron chi connectivity index (χ4n) is 2.56. The smallest absolute Gasteiger partial charge is 0.261 e. The van der Waals surface area contributed by atoms with Crippen LogP contribution in [0.4, 0.5) is 11.4 Å². The second kappa shape index (κ2) is 8.14. The molecule has 0 fully saturated rings. The molecule has 0 aliphatic heterocycles. The summed E-state index contributed by atoms with van der Waals surface area (Å²) in [6, 6.07) is 19.8. The SMILES string of the molecule is COc1ccccc1NC(=O)c1ccc(S(=O)(=O)Nc2ccc(C)cc2)cc1. The molecular formula is C21H20N2O4S. The molecule has 0 atom stereocenters. The van der Waals surface area contributed by atoms with Gasteiger partial charge in [0, 0.05) is 11.3 Å². The number of ether oxygens (including phenoxy) is 1. The number of sulfonamides is 1. The van der Waals surface area contributed by atoms with Gasteiger partial charge in [0.2, 0.25) is 0 Å². The summed E-state index contributed by atoms with van der Waals surface area (Å²) < 4.78 is 32.8. The zero-order valence-corrected chi connectivity index (χ0v) is 16.3. The standard InChI is InChI=1S/C21H20N2O4S/c1-15-7-11-17(12-8-15)23-28(25,26)18-13-9-16(10-14-18)21(24)22-19-5-3-4-6-20(19)27-2/h3-14,23H,1-2H3,(H,22,24). The lowest BCUT2D eigenvalue weighted by atomic mass is 10.2. The summed E-state index contributed by atoms with van der Waals surface area (Å²) in [5.74, 6) is 0.178. The van der Waals surface area contributed by atoms with E-state index in [0.717, 1.165) is 5.56 Å². The van der Waals surface area contributed by atoms with Gasteiger partial charge in [0.05, 0.1) is 17.7 Å². The van der Waals surface area contributed by atoms with Gasteiger partial charge in [-0.1, -0.05) is 29.8 Å². The molecule has 0 aliphatic rings. The first-order valence-corrected chi connectivity index (χ1v) is 10.0. The molecule has 0 aromatic heterocycles. The van der Waals surface area contributed by atoms with Crippen LogP contribution in [-0.4, -0.2) is 21.4 Å². The fraction of sp³-hybridized carbons (Fsp3) is 0.0952. The molecule has 28 heavy (non-hydrogen) atoms. The number of benzene rings is 3. The number of para-hydroxylation sites is 2. The van der Waals surface area contributed by atoms with Crippen LogP contribution in [0.25, 0.3) is 0 Å². The molecule has 6 nitrogen and oxygen atoms in total. The summed E-state index contributed by atoms with van der Waals surface area (Å²) in [6.07, 6.45) is 0. The van der Waals surface area contributed by atoms with E-state index in [2.05, 4.69) is 10.0 Å². The quantitative estimate of drug-likeness (QED) is 0.658. The molecule has 0 saturated carbocycles. The van der Waals surface area contributed by atoms with Crippen LogP contribution < -0.4 is 14.8 Å². The highest BCUT2D eigenvalue weighted by Crippen LogP contribution is 2.24. The number of anilines is 2. The Morgan fingerprint density at radius 3 is 2.18 bits per heavy atom. The first kappa shape index (κ1) is 19.4. The van der Waals surface area contributed by atoms with E-state index in [1.165, 1.54) is 31.4 Å². The van der Waals surface area contributed by atoms with Gasteiger partial charge < -0.3 is 10.1 Å². The Bertz CT molecular complexity index is 1080. The van der Waals surface area contributed by atoms with Gasteiger partial charge in [-0.2, -0.15) is 0 Å². The third-order valence-electron chi connectivity index (χ3n) is 4.09. The monoisotopic (exact) mass is 396 g/mol. The van der Waals surface area contributed by atoms with Gasteiger partial charge in [-0.15, -0.1) is 0 Å². The van der Waals surface area contributed by atoms with E-state index in [-0.39, 0.29) is 10.8 Å². The van der Waals surface area contributed by atoms with Crippen LogP contribution >= 0.6 is 0 Å². The average Bonchev–Trinajstić information content (AvgIpc) is 2.70. The zero-order valence-electron chi connectivity index (χ0n) is 15.5. The second-order valence-electron chi connectivity index (χ2n) is 6.15. The number of nitrogens with one attached hydrogen (secondary N) is 2. The van der Waals surface area contributed by atoms with Crippen molar-refractivity contribution in [1.29, 1.82) is 0 Å². The van der Waals surface area contributed by atoms with E-state index in [1.54, 1.807) is 36.4 Å². The van der Waals surface area contributed by atoms with Crippen LogP contribution in [0.3, 0.4) is 0 Å². The van der Waals surface area contributed by atoms with Crippen LogP contribution in [0.5, 0.6) is 5.75 Å². The third kappa shape index (κ3) is 4.50. The highest BCUT2D eigenvalue weighted by molar-refractivity contribution is 7.92. The molecule has 3 rings (SSSR count). The van der Waals surface area contributed by atoms with Crippen molar-refractivity contribution >= 4 is 27.3 Å². The molecule has 0 heterocycles. The largest absolute Gasteiger partial charge is 0.495 e. The van der Waals surface area contributed by atoms with E-state index >= 15 is 0 Å². The zero-order chi connectivity index (χ0) is 20.1. The van der Waals surface area contributed by atoms with Crippen LogP contribution in [0.1, 0.15) is 15.9 Å². The molecule has 1 amide bonds. The van der Waals surface area contributed by atoms with Gasteiger partial charge in [0.25, 0.3) is 15.9 Å². The summed E-state index contributed by atoms with van der Waals surface area (Å²) in [5.41, 5.74) is 2.38. The number of amides is 1. The van der Waals surface area contributed by atoms with Crippen molar-refractivity contribution in [2.75, 3.05) is 17.1 Å². The fourth-order valence-corrected chi connectivity index (χ4v) is 3.62. The van der Waals surface area contributed by atoms with Crippen LogP contribution in [-0.2, 0) is 10.0 Å². The number of rotatable bonds is 6. The number of carbonyl (C=O) groups excluding carboxylic acids is 1. The van der Waals surface area contributed by atoms with Gasteiger partial charge in [0.15, 0.2) is 0 Å². The topological polar surface area (TPSA) is 84.5 Å². The molecule has 0 spiro atoms. The molecule has 2 N–H and O–H groups in total. The Labute approximate surface area is 164 Å². The number of hydrogen-bond acceptors (Lipinski definition) is 4. The van der Waals surface area contributed by atoms with Crippen molar-refractivity contribution in [3.05, 3.63) is 83.9 Å². The molecule has 0 radical (unpaired) electrons. The van der Waals surface area contributed by atoms with E-state index in [0.29, 0.717) is 22.7 Å². The van der Waals surface area contributed by atoms with Gasteiger partial charge in [-0.25, -0.2) is 8.42 Å². The number of methoxy groups -OCH3 is 1. The van der Waals surface area contributed by atoms with E-state index in [1.807, 2.05) is 19.1 Å². The van der Waals surface area contributed by atoms with Crippen molar-refractivity contribution in [2.45, 2.75) is 11.8 Å². The van der Waals surface area contributed by atoms with Crippen molar-refractivity contribution in [1.82, 2.24) is 0 Å². The predicted molar refractivity (Wildman–Crippen MR) is 109 cm³/mol. The van der Waals surface area contributed by atoms with Crippen molar-refractivity contribution < 1.29 is 17.9 Å². The normalized spacial score (nSPS) is 10.9. The molecule has 7 heteroatoms. The Kier molecular flexibility index (Phi) is 5.65. The lowest BCUT2D eigenvalue weighted by molar-refractivity contribution is 0.102. The van der Waals surface area contributed by atoms with Gasteiger partial charge in [-0.3, -0.25) is 9.52 Å². The highest BCUT2D eigenvalue weighted by Gasteiger charge is 2.16. The number of carbonyl (C=O) groups is 1. The molecule has 0 aliphatic carbocycles. The minimum Gasteiger partial charge on any atom is -0.495 e. The maximum Gasteiger partial charge on any atom is 0.261 e. The third-order valence-corrected chi connectivity index (χ3v) is 5.48. The molecule has 3 aromatic carbocycles. The van der Waals surface area contributed by atoms with E-state index in [9.17, 15) is 13.2 Å². The van der Waals surface area contributed by atoms with Crippen molar-refractivity contribution in [3.63, 3.8) is 0 Å². The summed E-state index contributed by atoms with van der Waals surface area (Å²) >= 11 is 0. The van der Waals surface area contributed by atoms with Gasteiger partial charge >= 0.3 is 0 Å². The number of hydrogen-bond donors (Lipinski definition) is 2. The maximum atomic E-state index is 12.5. The molecule has 0 bridgehead atoms. The maximum absolute atomic E-state index is 12.5. The number of aryl methyl sites for hydroxylation is 1. The molecule has 3 aromatic rings.